The van der Waals surface area contributed by atoms with Gasteiger partial charge in [0.05, 0.1) is 0 Å². The second-order valence-electron chi connectivity index (χ2n) is 5.29. The Balaban J connectivity index is 2.68. The van der Waals surface area contributed by atoms with E-state index < -0.39 is 7.94 Å². The normalized spacial score (nSPS) is 37.1. The molecule has 0 amide bonds. The van der Waals surface area contributed by atoms with Crippen molar-refractivity contribution in [2.75, 3.05) is 19.9 Å². The fraction of sp³-hybridized carbons (Fsp3) is 1.00. The van der Waals surface area contributed by atoms with Crippen molar-refractivity contribution >= 4 is 7.94 Å². The standard InChI is InChI=1S/C9H21O3P/c1-8(2,3)9(4)6-11-13(5,10)12-7-9/h10,13H,6-7H2,1-5H3. The van der Waals surface area contributed by atoms with Crippen LogP contribution in [0.5, 0.6) is 0 Å². The Hall–Kier alpha value is 0.310. The molecule has 0 bridgehead atoms. The van der Waals surface area contributed by atoms with Crippen LogP contribution in [0.2, 0.25) is 0 Å². The maximum absolute atomic E-state index is 9.57. The van der Waals surface area contributed by atoms with Crippen LogP contribution in [0.3, 0.4) is 0 Å². The molecule has 1 heterocycles. The van der Waals surface area contributed by atoms with Crippen molar-refractivity contribution in [3.05, 3.63) is 0 Å². The molecule has 1 N–H and O–H groups in total. The number of hydrogen-bond donors (Lipinski definition) is 1. The van der Waals surface area contributed by atoms with Gasteiger partial charge in [0.25, 0.3) is 0 Å². The summed E-state index contributed by atoms with van der Waals surface area (Å²) >= 11 is 0. The molecule has 3 nitrogen and oxygen atoms in total. The fourth-order valence-electron chi connectivity index (χ4n) is 1.10. The summed E-state index contributed by atoms with van der Waals surface area (Å²) in [6.45, 7) is 11.5. The summed E-state index contributed by atoms with van der Waals surface area (Å²) in [6.07, 6.45) is 0. The van der Waals surface area contributed by atoms with E-state index in [1.54, 1.807) is 6.66 Å². The van der Waals surface area contributed by atoms with E-state index in [0.29, 0.717) is 13.2 Å². The van der Waals surface area contributed by atoms with Gasteiger partial charge in [-0.05, 0) is 0 Å². The van der Waals surface area contributed by atoms with Crippen LogP contribution in [0.25, 0.3) is 0 Å². The Kier molecular flexibility index (Phi) is 2.77. The van der Waals surface area contributed by atoms with Gasteiger partial charge in [-0.2, -0.15) is 0 Å². The molecule has 0 aliphatic carbocycles. The topological polar surface area (TPSA) is 38.7 Å². The summed E-state index contributed by atoms with van der Waals surface area (Å²) in [7, 11) is -2.76. The van der Waals surface area contributed by atoms with E-state index in [4.69, 9.17) is 9.05 Å². The molecule has 4 heteroatoms. The molecule has 0 aromatic carbocycles. The van der Waals surface area contributed by atoms with Crippen molar-refractivity contribution in [2.45, 2.75) is 27.7 Å². The van der Waals surface area contributed by atoms with Crippen LogP contribution < -0.4 is 0 Å². The van der Waals surface area contributed by atoms with Crippen LogP contribution in [0.1, 0.15) is 27.7 Å². The molecule has 80 valence electrons. The molecular formula is C9H21O3P. The fourth-order valence-corrected chi connectivity index (χ4v) is 2.36. The third-order valence-electron chi connectivity index (χ3n) is 3.13. The van der Waals surface area contributed by atoms with Gasteiger partial charge in [-0.25, -0.2) is 0 Å². The Morgan fingerprint density at radius 1 is 1.23 bits per heavy atom. The summed E-state index contributed by atoms with van der Waals surface area (Å²) in [4.78, 5) is 9.57. The van der Waals surface area contributed by atoms with Gasteiger partial charge in [-0.1, -0.05) is 0 Å². The molecule has 13 heavy (non-hydrogen) atoms. The van der Waals surface area contributed by atoms with E-state index in [0.717, 1.165) is 0 Å². The minimum atomic E-state index is -2.76. The van der Waals surface area contributed by atoms with E-state index in [-0.39, 0.29) is 10.8 Å². The molecule has 0 saturated carbocycles. The number of hydrogen-bond acceptors (Lipinski definition) is 3. The summed E-state index contributed by atoms with van der Waals surface area (Å²) < 4.78 is 10.8. The zero-order valence-electron chi connectivity index (χ0n) is 9.18. The van der Waals surface area contributed by atoms with E-state index in [1.807, 2.05) is 0 Å². The molecule has 0 radical (unpaired) electrons. The van der Waals surface area contributed by atoms with Crippen molar-refractivity contribution in [2.24, 2.45) is 10.8 Å². The maximum atomic E-state index is 9.57. The Morgan fingerprint density at radius 2 is 1.62 bits per heavy atom. The third-order valence-corrected chi connectivity index (χ3v) is 4.49. The van der Waals surface area contributed by atoms with Crippen LogP contribution in [0.15, 0.2) is 0 Å². The molecule has 1 fully saturated rings. The quantitative estimate of drug-likeness (QED) is 0.620. The van der Waals surface area contributed by atoms with Crippen molar-refractivity contribution in [1.82, 2.24) is 0 Å². The number of rotatable bonds is 0. The first kappa shape index (κ1) is 11.4. The second-order valence-corrected chi connectivity index (χ2v) is 7.66. The first-order valence-corrected chi connectivity index (χ1v) is 6.93. The zero-order valence-corrected chi connectivity index (χ0v) is 10.2. The summed E-state index contributed by atoms with van der Waals surface area (Å²) in [5, 5.41) is 0. The average Bonchev–Trinajstić information content (AvgIpc) is 1.94. The Bertz CT molecular complexity index is 186. The van der Waals surface area contributed by atoms with Crippen LogP contribution in [0, 0.1) is 10.8 Å². The molecular weight excluding hydrogens is 187 g/mol. The Labute approximate surface area is 81.0 Å². The van der Waals surface area contributed by atoms with Gasteiger partial charge in [0.1, 0.15) is 0 Å². The van der Waals surface area contributed by atoms with Gasteiger partial charge < -0.3 is 0 Å². The van der Waals surface area contributed by atoms with Gasteiger partial charge in [0, 0.05) is 0 Å². The van der Waals surface area contributed by atoms with Crippen LogP contribution >= 0.6 is 7.94 Å². The van der Waals surface area contributed by atoms with Gasteiger partial charge in [-0.15, -0.1) is 0 Å². The van der Waals surface area contributed by atoms with Crippen molar-refractivity contribution < 1.29 is 13.9 Å². The van der Waals surface area contributed by atoms with Crippen molar-refractivity contribution in [1.29, 1.82) is 0 Å². The van der Waals surface area contributed by atoms with Gasteiger partial charge >= 0.3 is 80.3 Å². The molecule has 1 aliphatic heterocycles. The zero-order chi connectivity index (χ0) is 10.3. The Morgan fingerprint density at radius 3 is 1.92 bits per heavy atom. The van der Waals surface area contributed by atoms with Gasteiger partial charge in [-0.3, -0.25) is 0 Å². The second kappa shape index (κ2) is 3.16. The molecule has 0 unspecified atom stereocenters. The summed E-state index contributed by atoms with van der Waals surface area (Å²) in [5.74, 6) is 0. The predicted octanol–water partition coefficient (Wildman–Crippen LogP) is 2.20. The molecule has 0 atom stereocenters. The molecule has 1 rings (SSSR count). The third kappa shape index (κ3) is 2.41. The van der Waals surface area contributed by atoms with Crippen molar-refractivity contribution in [3.63, 3.8) is 0 Å². The molecule has 0 aromatic heterocycles. The van der Waals surface area contributed by atoms with Gasteiger partial charge in [0.15, 0.2) is 0 Å². The van der Waals surface area contributed by atoms with Crippen LogP contribution in [0.4, 0.5) is 0 Å². The monoisotopic (exact) mass is 208 g/mol. The van der Waals surface area contributed by atoms with Crippen LogP contribution in [-0.2, 0) is 9.05 Å². The first-order valence-electron chi connectivity index (χ1n) is 4.67. The first-order chi connectivity index (χ1) is 5.66. The SMILES string of the molecule is CC(C)(C)C1(C)CO[PH](C)(O)OC1. The molecule has 0 aromatic rings. The van der Waals surface area contributed by atoms with E-state index in [1.165, 1.54) is 0 Å². The molecule has 1 aliphatic rings. The summed E-state index contributed by atoms with van der Waals surface area (Å²) in [6, 6.07) is 0. The average molecular weight is 208 g/mol. The molecule has 1 saturated heterocycles. The van der Waals surface area contributed by atoms with E-state index in [2.05, 4.69) is 27.7 Å². The van der Waals surface area contributed by atoms with E-state index in [9.17, 15) is 4.89 Å². The summed E-state index contributed by atoms with van der Waals surface area (Å²) in [5.41, 5.74) is 0.139. The van der Waals surface area contributed by atoms with Crippen molar-refractivity contribution in [3.8, 4) is 0 Å². The van der Waals surface area contributed by atoms with E-state index >= 15 is 0 Å². The molecule has 0 spiro atoms. The van der Waals surface area contributed by atoms with Gasteiger partial charge in [0.2, 0.25) is 0 Å². The minimum absolute atomic E-state index is 0.00222. The van der Waals surface area contributed by atoms with Crippen LogP contribution in [-0.4, -0.2) is 24.8 Å². The predicted molar refractivity (Wildman–Crippen MR) is 55.9 cm³/mol.